The van der Waals surface area contributed by atoms with Crippen molar-refractivity contribution in [3.05, 3.63) is 53.9 Å². The van der Waals surface area contributed by atoms with Crippen LogP contribution < -0.4 is 5.32 Å². The molecule has 1 amide bonds. The minimum absolute atomic E-state index is 0. The van der Waals surface area contributed by atoms with E-state index in [4.69, 9.17) is 0 Å². The molecule has 0 bridgehead atoms. The first-order chi connectivity index (χ1) is 13.7. The number of benzene rings is 1. The molecule has 0 spiro atoms. The van der Waals surface area contributed by atoms with E-state index in [-0.39, 0.29) is 24.4 Å². The minimum Gasteiger partial charge on any atom is -0.336 e. The van der Waals surface area contributed by atoms with Crippen molar-refractivity contribution in [1.29, 1.82) is 0 Å². The number of nitrogens with zero attached hydrogens (tertiary/aromatic N) is 5. The molecule has 3 aromatic rings. The first-order valence-electron chi connectivity index (χ1n) is 9.72. The van der Waals surface area contributed by atoms with Crippen LogP contribution in [-0.2, 0) is 7.05 Å². The van der Waals surface area contributed by atoms with Crippen molar-refractivity contribution in [1.82, 2.24) is 34.9 Å². The van der Waals surface area contributed by atoms with Crippen LogP contribution in [-0.4, -0.2) is 55.2 Å². The van der Waals surface area contributed by atoms with Gasteiger partial charge in [-0.1, -0.05) is 12.1 Å². The van der Waals surface area contributed by atoms with Gasteiger partial charge in [0, 0.05) is 56.1 Å². The van der Waals surface area contributed by atoms with E-state index in [1.807, 2.05) is 47.0 Å². The van der Waals surface area contributed by atoms with Crippen LogP contribution in [0.15, 0.2) is 36.7 Å². The summed E-state index contributed by atoms with van der Waals surface area (Å²) in [5.41, 5.74) is 1.59. The second kappa shape index (κ2) is 7.96. The monoisotopic (exact) mass is 413 g/mol. The number of aromatic nitrogens is 5. The van der Waals surface area contributed by atoms with Crippen molar-refractivity contribution < 1.29 is 4.79 Å². The summed E-state index contributed by atoms with van der Waals surface area (Å²) in [6.45, 7) is 2.14. The Balaban J connectivity index is 0.00000205. The summed E-state index contributed by atoms with van der Waals surface area (Å²) in [6, 6.07) is 7.50. The van der Waals surface area contributed by atoms with Crippen molar-refractivity contribution in [3.8, 4) is 11.4 Å². The van der Waals surface area contributed by atoms with E-state index in [1.54, 1.807) is 6.20 Å². The third kappa shape index (κ3) is 3.77. The van der Waals surface area contributed by atoms with Crippen LogP contribution in [0.1, 0.15) is 46.8 Å². The molecule has 8 nitrogen and oxygen atoms in total. The Morgan fingerprint density at radius 3 is 2.69 bits per heavy atom. The molecule has 1 saturated carbocycles. The van der Waals surface area contributed by atoms with Crippen molar-refractivity contribution in [2.45, 2.75) is 24.8 Å². The van der Waals surface area contributed by atoms with E-state index in [0.29, 0.717) is 30.4 Å². The van der Waals surface area contributed by atoms with Gasteiger partial charge in [-0.3, -0.25) is 9.89 Å². The van der Waals surface area contributed by atoms with E-state index in [9.17, 15) is 4.79 Å². The zero-order valence-corrected chi connectivity index (χ0v) is 17.0. The fourth-order valence-corrected chi connectivity index (χ4v) is 3.75. The summed E-state index contributed by atoms with van der Waals surface area (Å²) in [4.78, 5) is 24.1. The highest BCUT2D eigenvalue weighted by Gasteiger charge is 2.31. The van der Waals surface area contributed by atoms with Gasteiger partial charge in [0.05, 0.1) is 0 Å². The minimum atomic E-state index is -0.0740. The highest BCUT2D eigenvalue weighted by molar-refractivity contribution is 5.95. The van der Waals surface area contributed by atoms with Crippen LogP contribution in [0, 0.1) is 0 Å². The molecular weight excluding hydrogens is 390 g/mol. The fraction of sp³-hybridized carbons (Fsp3) is 0.400. The predicted octanol–water partition coefficient (Wildman–Crippen LogP) is 2.29. The largest absolute Gasteiger partial charge is 0.336 e. The van der Waals surface area contributed by atoms with Crippen LogP contribution in [0.2, 0.25) is 0 Å². The summed E-state index contributed by atoms with van der Waals surface area (Å²) in [7, 11) is 1.96. The predicted molar refractivity (Wildman–Crippen MR) is 111 cm³/mol. The molecule has 9 heteroatoms. The van der Waals surface area contributed by atoms with E-state index < -0.39 is 0 Å². The van der Waals surface area contributed by atoms with Gasteiger partial charge in [-0.15, -0.1) is 12.4 Å². The Labute approximate surface area is 175 Å². The van der Waals surface area contributed by atoms with Crippen molar-refractivity contribution in [2.75, 3.05) is 19.6 Å². The number of imidazole rings is 1. The lowest BCUT2D eigenvalue weighted by Crippen LogP contribution is -2.49. The summed E-state index contributed by atoms with van der Waals surface area (Å²) < 4.78 is 1.97. The number of carbonyl (C=O) groups is 1. The molecule has 29 heavy (non-hydrogen) atoms. The van der Waals surface area contributed by atoms with Crippen molar-refractivity contribution in [3.63, 3.8) is 0 Å². The highest BCUT2D eigenvalue weighted by Crippen LogP contribution is 2.38. The Hall–Kier alpha value is -2.71. The molecule has 1 unspecified atom stereocenters. The molecule has 1 aliphatic heterocycles. The number of nitrogens with one attached hydrogen (secondary N) is 2. The van der Waals surface area contributed by atoms with E-state index in [1.165, 1.54) is 12.8 Å². The van der Waals surface area contributed by atoms with Crippen molar-refractivity contribution >= 4 is 18.3 Å². The van der Waals surface area contributed by atoms with E-state index in [2.05, 4.69) is 25.5 Å². The maximum Gasteiger partial charge on any atom is 0.254 e. The quantitative estimate of drug-likeness (QED) is 0.684. The van der Waals surface area contributed by atoms with Gasteiger partial charge in [0.1, 0.15) is 17.7 Å². The SMILES string of the molecule is Cl.Cn1ccnc1C1CNCCN1C(=O)c1ccc(-c2n[nH]c(C3CC3)n2)cc1. The maximum atomic E-state index is 13.2. The summed E-state index contributed by atoms with van der Waals surface area (Å²) >= 11 is 0. The van der Waals surface area contributed by atoms with Gasteiger partial charge in [0.15, 0.2) is 5.82 Å². The maximum absolute atomic E-state index is 13.2. The molecule has 5 rings (SSSR count). The Kier molecular flexibility index (Phi) is 5.38. The zero-order chi connectivity index (χ0) is 19.1. The number of H-pyrrole nitrogens is 1. The molecule has 2 fully saturated rings. The number of aryl methyl sites for hydroxylation is 1. The molecule has 1 atom stereocenters. The highest BCUT2D eigenvalue weighted by atomic mass is 35.5. The average molecular weight is 414 g/mol. The van der Waals surface area contributed by atoms with Crippen LogP contribution >= 0.6 is 12.4 Å². The fourth-order valence-electron chi connectivity index (χ4n) is 3.75. The molecule has 1 saturated heterocycles. The zero-order valence-electron chi connectivity index (χ0n) is 16.2. The Bertz CT molecular complexity index is 992. The molecule has 2 aromatic heterocycles. The first kappa shape index (κ1) is 19.6. The average Bonchev–Trinajstić information content (AvgIpc) is 3.31. The number of aromatic amines is 1. The number of rotatable bonds is 4. The molecule has 0 radical (unpaired) electrons. The second-order valence-corrected chi connectivity index (χ2v) is 7.51. The van der Waals surface area contributed by atoms with E-state index >= 15 is 0 Å². The molecule has 2 aliphatic rings. The lowest BCUT2D eigenvalue weighted by atomic mass is 10.1. The van der Waals surface area contributed by atoms with Gasteiger partial charge in [0.2, 0.25) is 0 Å². The van der Waals surface area contributed by atoms with Crippen LogP contribution in [0.25, 0.3) is 11.4 Å². The number of hydrogen-bond donors (Lipinski definition) is 2. The molecule has 1 aromatic carbocycles. The second-order valence-electron chi connectivity index (χ2n) is 7.51. The van der Waals surface area contributed by atoms with Gasteiger partial charge in [-0.05, 0) is 25.0 Å². The van der Waals surface area contributed by atoms with E-state index in [0.717, 1.165) is 23.8 Å². The topological polar surface area (TPSA) is 91.7 Å². The number of carbonyl (C=O) groups excluding carboxylic acids is 1. The summed E-state index contributed by atoms with van der Waals surface area (Å²) in [6.07, 6.45) is 6.05. The molecule has 1 aliphatic carbocycles. The molecular formula is C20H24ClN7O. The number of halogens is 1. The summed E-state index contributed by atoms with van der Waals surface area (Å²) in [5.74, 6) is 3.11. The van der Waals surface area contributed by atoms with Gasteiger partial charge >= 0.3 is 0 Å². The molecule has 2 N–H and O–H groups in total. The van der Waals surface area contributed by atoms with Crippen molar-refractivity contribution in [2.24, 2.45) is 7.05 Å². The van der Waals surface area contributed by atoms with Crippen LogP contribution in [0.4, 0.5) is 0 Å². The van der Waals surface area contributed by atoms with Gasteiger partial charge in [-0.25, -0.2) is 9.97 Å². The lowest BCUT2D eigenvalue weighted by Gasteiger charge is -2.35. The van der Waals surface area contributed by atoms with Gasteiger partial charge < -0.3 is 14.8 Å². The number of hydrogen-bond acceptors (Lipinski definition) is 5. The molecule has 3 heterocycles. The number of amides is 1. The normalized spacial score (nSPS) is 19.1. The lowest BCUT2D eigenvalue weighted by molar-refractivity contribution is 0.0621. The van der Waals surface area contributed by atoms with Gasteiger partial charge in [-0.2, -0.15) is 5.10 Å². The first-order valence-corrected chi connectivity index (χ1v) is 9.72. The third-order valence-electron chi connectivity index (χ3n) is 5.52. The molecule has 152 valence electrons. The number of piperazine rings is 1. The smallest absolute Gasteiger partial charge is 0.254 e. The Morgan fingerprint density at radius 1 is 1.21 bits per heavy atom. The van der Waals surface area contributed by atoms with Crippen LogP contribution in [0.5, 0.6) is 0 Å². The van der Waals surface area contributed by atoms with Crippen LogP contribution in [0.3, 0.4) is 0 Å². The standard InChI is InChI=1S/C20H23N7O.ClH/c1-26-10-9-22-19(26)16-12-21-8-11-27(16)20(28)15-6-4-14(5-7-15)18-23-17(24-25-18)13-2-3-13;/h4-7,9-10,13,16,21H,2-3,8,11-12H2,1H3,(H,23,24,25);1H. The summed E-state index contributed by atoms with van der Waals surface area (Å²) in [5, 5.41) is 10.7. The Morgan fingerprint density at radius 2 is 2.00 bits per heavy atom. The van der Waals surface area contributed by atoms with Gasteiger partial charge in [0.25, 0.3) is 5.91 Å². The third-order valence-corrected chi connectivity index (χ3v) is 5.52.